The molecule has 6 heteroatoms. The summed E-state index contributed by atoms with van der Waals surface area (Å²) in [5, 5.41) is 0. The van der Waals surface area contributed by atoms with Gasteiger partial charge >= 0.3 is 5.97 Å². The fourth-order valence-electron chi connectivity index (χ4n) is 1.76. The highest BCUT2D eigenvalue weighted by molar-refractivity contribution is 5.90. The fourth-order valence-corrected chi connectivity index (χ4v) is 1.76. The molecule has 104 valence electrons. The van der Waals surface area contributed by atoms with Gasteiger partial charge < -0.3 is 4.74 Å². The van der Waals surface area contributed by atoms with Gasteiger partial charge in [-0.1, -0.05) is 0 Å². The molecule has 0 spiro atoms. The van der Waals surface area contributed by atoms with Crippen molar-refractivity contribution in [3.63, 3.8) is 0 Å². The molecule has 0 saturated heterocycles. The van der Waals surface area contributed by atoms with Crippen molar-refractivity contribution in [2.75, 3.05) is 7.11 Å². The van der Waals surface area contributed by atoms with Gasteiger partial charge in [0.1, 0.15) is 28.8 Å². The maximum Gasteiger partial charge on any atom is 0.343 e. The van der Waals surface area contributed by atoms with E-state index in [4.69, 9.17) is 0 Å². The van der Waals surface area contributed by atoms with E-state index in [1.807, 2.05) is 0 Å². The second-order valence-electron chi connectivity index (χ2n) is 3.96. The molecule has 0 N–H and O–H groups in total. The van der Waals surface area contributed by atoms with Crippen LogP contribution in [0.4, 0.5) is 17.6 Å². The summed E-state index contributed by atoms with van der Waals surface area (Å²) in [5.74, 6) is -5.26. The Balaban J connectivity index is 2.57. The molecule has 0 aliphatic rings. The number of esters is 1. The average Bonchev–Trinajstić information content (AvgIpc) is 2.36. The standard InChI is InChI=1S/C14H8F4O2/c1-20-14(19)13-11(17)4-8(5-12(13)18)7-2-9(15)6-10(16)3-7/h2-6H,1H3. The Morgan fingerprint density at radius 1 is 0.850 bits per heavy atom. The molecule has 0 amide bonds. The Hall–Kier alpha value is -2.37. The zero-order chi connectivity index (χ0) is 14.9. The average molecular weight is 284 g/mol. The van der Waals surface area contributed by atoms with Crippen molar-refractivity contribution in [1.29, 1.82) is 0 Å². The van der Waals surface area contributed by atoms with Crippen LogP contribution in [0, 0.1) is 23.3 Å². The first-order valence-corrected chi connectivity index (χ1v) is 5.46. The topological polar surface area (TPSA) is 26.3 Å². The first-order chi connectivity index (χ1) is 9.42. The van der Waals surface area contributed by atoms with Gasteiger partial charge in [-0.05, 0) is 35.4 Å². The van der Waals surface area contributed by atoms with E-state index >= 15 is 0 Å². The molecule has 0 atom stereocenters. The van der Waals surface area contributed by atoms with Crippen LogP contribution in [0.5, 0.6) is 0 Å². The molecule has 0 radical (unpaired) electrons. The SMILES string of the molecule is COC(=O)c1c(F)cc(-c2cc(F)cc(F)c2)cc1F. The van der Waals surface area contributed by atoms with Crippen LogP contribution in [-0.2, 0) is 4.74 Å². The van der Waals surface area contributed by atoms with Gasteiger partial charge in [-0.2, -0.15) is 0 Å². The lowest BCUT2D eigenvalue weighted by atomic mass is 10.0. The van der Waals surface area contributed by atoms with Crippen molar-refractivity contribution < 1.29 is 27.1 Å². The lowest BCUT2D eigenvalue weighted by Crippen LogP contribution is -2.08. The molecule has 2 rings (SSSR count). The number of carbonyl (C=O) groups excluding carboxylic acids is 1. The third-order valence-electron chi connectivity index (χ3n) is 2.63. The third kappa shape index (κ3) is 2.64. The van der Waals surface area contributed by atoms with E-state index < -0.39 is 34.8 Å². The Kier molecular flexibility index (Phi) is 3.74. The van der Waals surface area contributed by atoms with Crippen molar-refractivity contribution in [3.8, 4) is 11.1 Å². The number of rotatable bonds is 2. The summed E-state index contributed by atoms with van der Waals surface area (Å²) in [5.41, 5.74) is -0.990. The van der Waals surface area contributed by atoms with E-state index in [0.29, 0.717) is 6.07 Å². The van der Waals surface area contributed by atoms with Gasteiger partial charge in [0.05, 0.1) is 7.11 Å². The molecule has 0 heterocycles. The smallest absolute Gasteiger partial charge is 0.343 e. The highest BCUT2D eigenvalue weighted by Gasteiger charge is 2.20. The monoisotopic (exact) mass is 284 g/mol. The van der Waals surface area contributed by atoms with Gasteiger partial charge in [-0.15, -0.1) is 0 Å². The number of hydrogen-bond acceptors (Lipinski definition) is 2. The normalized spacial score (nSPS) is 10.4. The molecular formula is C14H8F4O2. The van der Waals surface area contributed by atoms with Crippen LogP contribution in [-0.4, -0.2) is 13.1 Å². The molecule has 0 aliphatic carbocycles. The Labute approximate surface area is 111 Å². The van der Waals surface area contributed by atoms with Crippen molar-refractivity contribution >= 4 is 5.97 Å². The van der Waals surface area contributed by atoms with Gasteiger partial charge in [-0.3, -0.25) is 0 Å². The van der Waals surface area contributed by atoms with E-state index in [9.17, 15) is 22.4 Å². The maximum atomic E-state index is 13.7. The number of methoxy groups -OCH3 is 1. The molecule has 20 heavy (non-hydrogen) atoms. The minimum Gasteiger partial charge on any atom is -0.465 e. The van der Waals surface area contributed by atoms with Crippen LogP contribution >= 0.6 is 0 Å². The van der Waals surface area contributed by atoms with Crippen molar-refractivity contribution in [2.24, 2.45) is 0 Å². The number of carbonyl (C=O) groups is 1. The minimum absolute atomic E-state index is 0.0447. The summed E-state index contributed by atoms with van der Waals surface area (Å²) in [7, 11) is 0.983. The number of benzene rings is 2. The van der Waals surface area contributed by atoms with Crippen LogP contribution in [0.15, 0.2) is 30.3 Å². The molecule has 0 aliphatic heterocycles. The summed E-state index contributed by atoms with van der Waals surface area (Å²) in [6.45, 7) is 0. The van der Waals surface area contributed by atoms with Crippen LogP contribution < -0.4 is 0 Å². The first kappa shape index (κ1) is 14.0. The van der Waals surface area contributed by atoms with Gasteiger partial charge in [0.25, 0.3) is 0 Å². The second-order valence-corrected chi connectivity index (χ2v) is 3.96. The predicted octanol–water partition coefficient (Wildman–Crippen LogP) is 3.70. The molecule has 2 aromatic carbocycles. The summed E-state index contributed by atoms with van der Waals surface area (Å²) >= 11 is 0. The zero-order valence-corrected chi connectivity index (χ0v) is 10.2. The summed E-state index contributed by atoms with van der Waals surface area (Å²) in [6, 6.07) is 4.11. The summed E-state index contributed by atoms with van der Waals surface area (Å²) in [4.78, 5) is 11.2. The molecule has 0 unspecified atom stereocenters. The zero-order valence-electron chi connectivity index (χ0n) is 10.2. The highest BCUT2D eigenvalue weighted by Crippen LogP contribution is 2.26. The van der Waals surface area contributed by atoms with Gasteiger partial charge in [0.2, 0.25) is 0 Å². The van der Waals surface area contributed by atoms with Crippen molar-refractivity contribution in [3.05, 3.63) is 59.2 Å². The summed E-state index contributed by atoms with van der Waals surface area (Å²) in [6.07, 6.45) is 0. The largest absolute Gasteiger partial charge is 0.465 e. The van der Waals surface area contributed by atoms with E-state index in [1.54, 1.807) is 0 Å². The first-order valence-electron chi connectivity index (χ1n) is 5.46. The molecular weight excluding hydrogens is 276 g/mol. The van der Waals surface area contributed by atoms with E-state index in [1.165, 1.54) is 0 Å². The molecule has 0 saturated carbocycles. The van der Waals surface area contributed by atoms with E-state index in [2.05, 4.69) is 4.74 Å². The number of halogens is 4. The van der Waals surface area contributed by atoms with E-state index in [-0.39, 0.29) is 11.1 Å². The second kappa shape index (κ2) is 5.32. The maximum absolute atomic E-state index is 13.7. The van der Waals surface area contributed by atoms with Gasteiger partial charge in [-0.25, -0.2) is 22.4 Å². The summed E-state index contributed by atoms with van der Waals surface area (Å²) < 4.78 is 57.8. The Morgan fingerprint density at radius 3 is 1.75 bits per heavy atom. The lowest BCUT2D eigenvalue weighted by molar-refractivity contribution is 0.0590. The molecule has 0 aromatic heterocycles. The molecule has 2 aromatic rings. The van der Waals surface area contributed by atoms with Crippen LogP contribution in [0.2, 0.25) is 0 Å². The lowest BCUT2D eigenvalue weighted by Gasteiger charge is -2.07. The minimum atomic E-state index is -1.17. The molecule has 0 bridgehead atoms. The fraction of sp³-hybridized carbons (Fsp3) is 0.0714. The Bertz CT molecular complexity index is 640. The van der Waals surface area contributed by atoms with Gasteiger partial charge in [0, 0.05) is 6.07 Å². The quantitative estimate of drug-likeness (QED) is 0.621. The molecule has 2 nitrogen and oxygen atoms in total. The van der Waals surface area contributed by atoms with Crippen LogP contribution in [0.1, 0.15) is 10.4 Å². The molecule has 0 fully saturated rings. The third-order valence-corrected chi connectivity index (χ3v) is 2.63. The van der Waals surface area contributed by atoms with Gasteiger partial charge in [0.15, 0.2) is 0 Å². The van der Waals surface area contributed by atoms with Crippen molar-refractivity contribution in [1.82, 2.24) is 0 Å². The van der Waals surface area contributed by atoms with Crippen molar-refractivity contribution in [2.45, 2.75) is 0 Å². The van der Waals surface area contributed by atoms with Crippen LogP contribution in [0.25, 0.3) is 11.1 Å². The van der Waals surface area contributed by atoms with Crippen LogP contribution in [0.3, 0.4) is 0 Å². The highest BCUT2D eigenvalue weighted by atomic mass is 19.1. The predicted molar refractivity (Wildman–Crippen MR) is 63.0 cm³/mol. The Morgan fingerprint density at radius 2 is 1.30 bits per heavy atom. The number of ether oxygens (including phenoxy) is 1. The van der Waals surface area contributed by atoms with E-state index in [0.717, 1.165) is 31.4 Å². The number of hydrogen-bond donors (Lipinski definition) is 0.